The Hall–Kier alpha value is -4.65. The van der Waals surface area contributed by atoms with Gasteiger partial charge < -0.3 is 29.9 Å². The van der Waals surface area contributed by atoms with Crippen LogP contribution in [0.1, 0.15) is 16.7 Å². The van der Waals surface area contributed by atoms with Crippen LogP contribution in [0.3, 0.4) is 0 Å². The second-order valence-corrected chi connectivity index (χ2v) is 9.57. The van der Waals surface area contributed by atoms with E-state index in [4.69, 9.17) is 9.47 Å². The van der Waals surface area contributed by atoms with Crippen LogP contribution in [-0.4, -0.2) is 69.5 Å². The van der Waals surface area contributed by atoms with E-state index in [0.29, 0.717) is 17.5 Å². The zero-order valence-electron chi connectivity index (χ0n) is 21.9. The minimum atomic E-state index is -1.14. The molecule has 12 heteroatoms. The molecule has 0 spiro atoms. The summed E-state index contributed by atoms with van der Waals surface area (Å²) in [6, 6.07) is 16.0. The van der Waals surface area contributed by atoms with Gasteiger partial charge in [-0.1, -0.05) is 36.4 Å². The minimum absolute atomic E-state index is 0.0573. The van der Waals surface area contributed by atoms with Crippen LogP contribution in [0.15, 0.2) is 72.8 Å². The first-order chi connectivity index (χ1) is 19.7. The highest BCUT2D eigenvalue weighted by Crippen LogP contribution is 2.17. The Morgan fingerprint density at radius 1 is 0.805 bits per heavy atom. The average molecular weight is 566 g/mol. The van der Waals surface area contributed by atoms with Crippen molar-refractivity contribution in [2.75, 3.05) is 6.73 Å². The lowest BCUT2D eigenvalue weighted by Gasteiger charge is -2.22. The smallest absolute Gasteiger partial charge is 0.326 e. The molecule has 0 aromatic heterocycles. The standard InChI is InChI=1S/C29H31N3O9/c33-20-7-1-17(2-8-20)13-23(26(36)37)30-16-40-27(38)24(14-18-3-9-21(34)10-4-18)31-29-32-25(28(39)41-29)15-19-5-11-22(35)12-6-19/h1-12,23-25,29-35H,13-16H2,(H,36,37)/t23?,24?,25?,29-/m1/s1. The molecule has 4 rings (SSSR count). The molecule has 1 aliphatic rings. The van der Waals surface area contributed by atoms with Crippen LogP contribution in [0.4, 0.5) is 0 Å². The van der Waals surface area contributed by atoms with Crippen molar-refractivity contribution in [3.63, 3.8) is 0 Å². The molecule has 7 N–H and O–H groups in total. The Labute approximate surface area is 235 Å². The number of hydrogen-bond acceptors (Lipinski definition) is 11. The fourth-order valence-electron chi connectivity index (χ4n) is 4.26. The van der Waals surface area contributed by atoms with Crippen LogP contribution < -0.4 is 16.0 Å². The Morgan fingerprint density at radius 3 is 1.80 bits per heavy atom. The van der Waals surface area contributed by atoms with E-state index >= 15 is 0 Å². The number of cyclic esters (lactones) is 1. The van der Waals surface area contributed by atoms with E-state index in [0.717, 1.165) is 5.56 Å². The summed E-state index contributed by atoms with van der Waals surface area (Å²) in [7, 11) is 0. The molecule has 3 aromatic carbocycles. The number of carboxylic acids is 1. The van der Waals surface area contributed by atoms with Gasteiger partial charge in [-0.15, -0.1) is 0 Å². The maximum Gasteiger partial charge on any atom is 0.326 e. The molecular formula is C29H31N3O9. The maximum atomic E-state index is 13.1. The summed E-state index contributed by atoms with van der Waals surface area (Å²) in [5.41, 5.74) is 2.15. The van der Waals surface area contributed by atoms with Gasteiger partial charge in [-0.05, 0) is 72.4 Å². The number of esters is 2. The SMILES string of the molecule is O=C(O)C(Cc1ccc(O)cc1)NCOC(=O)C(Cc1ccc(O)cc1)N[C@@H]1NC(Cc2ccc(O)cc2)C(=O)O1. The summed E-state index contributed by atoms with van der Waals surface area (Å²) in [5, 5.41) is 46.7. The Balaban J connectivity index is 1.37. The number of phenolic OH excluding ortho intramolecular Hbond substituents is 3. The zero-order valence-corrected chi connectivity index (χ0v) is 21.9. The molecule has 3 aromatic rings. The summed E-state index contributed by atoms with van der Waals surface area (Å²) in [6.07, 6.45) is -0.500. The molecule has 0 amide bonds. The molecule has 216 valence electrons. The highest BCUT2D eigenvalue weighted by molar-refractivity contribution is 5.79. The van der Waals surface area contributed by atoms with Gasteiger partial charge in [-0.2, -0.15) is 0 Å². The van der Waals surface area contributed by atoms with E-state index in [1.807, 2.05) is 0 Å². The molecule has 1 aliphatic heterocycles. The summed E-state index contributed by atoms with van der Waals surface area (Å²) in [4.78, 5) is 37.3. The molecule has 12 nitrogen and oxygen atoms in total. The highest BCUT2D eigenvalue weighted by atomic mass is 16.6. The summed E-state index contributed by atoms with van der Waals surface area (Å²) in [5.74, 6) is -2.16. The highest BCUT2D eigenvalue weighted by Gasteiger charge is 2.36. The number of nitrogens with one attached hydrogen (secondary N) is 3. The third-order valence-corrected chi connectivity index (χ3v) is 6.48. The van der Waals surface area contributed by atoms with Crippen molar-refractivity contribution in [1.29, 1.82) is 0 Å². The summed E-state index contributed by atoms with van der Waals surface area (Å²) < 4.78 is 10.7. The van der Waals surface area contributed by atoms with Crippen LogP contribution in [0.25, 0.3) is 0 Å². The summed E-state index contributed by atoms with van der Waals surface area (Å²) >= 11 is 0. The minimum Gasteiger partial charge on any atom is -0.508 e. The first kappa shape index (κ1) is 29.3. The van der Waals surface area contributed by atoms with Gasteiger partial charge >= 0.3 is 17.9 Å². The number of carbonyl (C=O) groups is 3. The fourth-order valence-corrected chi connectivity index (χ4v) is 4.26. The molecule has 0 saturated carbocycles. The van der Waals surface area contributed by atoms with Gasteiger partial charge in [0.2, 0.25) is 6.35 Å². The van der Waals surface area contributed by atoms with E-state index < -0.39 is 49.1 Å². The number of rotatable bonds is 13. The average Bonchev–Trinajstić information content (AvgIpc) is 3.29. The van der Waals surface area contributed by atoms with E-state index in [1.54, 1.807) is 36.4 Å². The number of hydrogen-bond donors (Lipinski definition) is 7. The van der Waals surface area contributed by atoms with Crippen molar-refractivity contribution in [2.24, 2.45) is 0 Å². The normalized spacial score (nSPS) is 17.9. The maximum absolute atomic E-state index is 13.1. The van der Waals surface area contributed by atoms with Crippen LogP contribution >= 0.6 is 0 Å². The predicted molar refractivity (Wildman–Crippen MR) is 145 cm³/mol. The monoisotopic (exact) mass is 565 g/mol. The molecule has 1 saturated heterocycles. The molecule has 0 bridgehead atoms. The third kappa shape index (κ3) is 8.67. The van der Waals surface area contributed by atoms with E-state index in [1.165, 1.54) is 36.4 Å². The fraction of sp³-hybridized carbons (Fsp3) is 0.276. The van der Waals surface area contributed by atoms with E-state index in [2.05, 4.69) is 16.0 Å². The van der Waals surface area contributed by atoms with Crippen LogP contribution in [0.2, 0.25) is 0 Å². The predicted octanol–water partition coefficient (Wildman–Crippen LogP) is 1.13. The molecular weight excluding hydrogens is 534 g/mol. The van der Waals surface area contributed by atoms with Crippen LogP contribution in [0.5, 0.6) is 17.2 Å². The third-order valence-electron chi connectivity index (χ3n) is 6.48. The lowest BCUT2D eigenvalue weighted by atomic mass is 10.1. The van der Waals surface area contributed by atoms with Gasteiger partial charge in [0.05, 0.1) is 0 Å². The second kappa shape index (κ2) is 13.6. The van der Waals surface area contributed by atoms with E-state index in [-0.39, 0.29) is 30.1 Å². The van der Waals surface area contributed by atoms with Gasteiger partial charge in [-0.3, -0.25) is 30.3 Å². The number of ether oxygens (including phenoxy) is 2. The molecule has 41 heavy (non-hydrogen) atoms. The molecule has 4 atom stereocenters. The Morgan fingerprint density at radius 2 is 1.29 bits per heavy atom. The number of benzene rings is 3. The summed E-state index contributed by atoms with van der Waals surface area (Å²) in [6.45, 7) is -0.400. The van der Waals surface area contributed by atoms with Crippen LogP contribution in [-0.2, 0) is 43.1 Å². The zero-order chi connectivity index (χ0) is 29.4. The Bertz CT molecular complexity index is 1330. The Kier molecular flexibility index (Phi) is 9.74. The number of phenols is 3. The largest absolute Gasteiger partial charge is 0.508 e. The van der Waals surface area contributed by atoms with E-state index in [9.17, 15) is 34.8 Å². The molecule has 0 aliphatic carbocycles. The van der Waals surface area contributed by atoms with Crippen molar-refractivity contribution in [3.05, 3.63) is 89.5 Å². The van der Waals surface area contributed by atoms with Crippen molar-refractivity contribution < 1.29 is 44.3 Å². The number of carbonyl (C=O) groups excluding carboxylic acids is 2. The van der Waals surface area contributed by atoms with Crippen molar-refractivity contribution in [3.8, 4) is 17.2 Å². The van der Waals surface area contributed by atoms with Gasteiger partial charge in [0.15, 0.2) is 0 Å². The van der Waals surface area contributed by atoms with Gasteiger partial charge in [0.1, 0.15) is 42.1 Å². The molecule has 0 radical (unpaired) electrons. The first-order valence-electron chi connectivity index (χ1n) is 12.9. The van der Waals surface area contributed by atoms with Crippen LogP contribution in [0, 0.1) is 0 Å². The lowest BCUT2D eigenvalue weighted by Crippen LogP contribution is -2.52. The van der Waals surface area contributed by atoms with Gasteiger partial charge in [0, 0.05) is 0 Å². The quantitative estimate of drug-likeness (QED) is 0.116. The lowest BCUT2D eigenvalue weighted by molar-refractivity contribution is -0.152. The molecule has 1 fully saturated rings. The van der Waals surface area contributed by atoms with Crippen molar-refractivity contribution >= 4 is 17.9 Å². The first-order valence-corrected chi connectivity index (χ1v) is 12.9. The van der Waals surface area contributed by atoms with Crippen molar-refractivity contribution in [1.82, 2.24) is 16.0 Å². The number of aliphatic carboxylic acids is 1. The van der Waals surface area contributed by atoms with Gasteiger partial charge in [0.25, 0.3) is 0 Å². The topological polar surface area (TPSA) is 187 Å². The number of aromatic hydroxyl groups is 3. The molecule has 3 unspecified atom stereocenters. The molecule has 1 heterocycles. The second-order valence-electron chi connectivity index (χ2n) is 9.57. The van der Waals surface area contributed by atoms with Crippen molar-refractivity contribution in [2.45, 2.75) is 43.7 Å². The number of carboxylic acid groups (broad SMARTS) is 1. The van der Waals surface area contributed by atoms with Gasteiger partial charge in [-0.25, -0.2) is 0 Å².